The maximum atomic E-state index is 7.15. The zero-order valence-corrected chi connectivity index (χ0v) is 9.46. The molecule has 0 bridgehead atoms. The molecule has 1 atom stereocenters. The van der Waals surface area contributed by atoms with E-state index in [1.807, 2.05) is 0 Å². The fourth-order valence-electron chi connectivity index (χ4n) is 1.59. The lowest BCUT2D eigenvalue weighted by Crippen LogP contribution is -2.16. The minimum Gasteiger partial charge on any atom is -0.486 e. The monoisotopic (exact) mass is 240 g/mol. The minimum atomic E-state index is 0.0442. The van der Waals surface area contributed by atoms with Crippen LogP contribution in [0.3, 0.4) is 0 Å². The van der Waals surface area contributed by atoms with E-state index in [0.29, 0.717) is 28.6 Å². The van der Waals surface area contributed by atoms with E-state index < -0.39 is 0 Å². The zero-order chi connectivity index (χ0) is 11.5. The van der Waals surface area contributed by atoms with Gasteiger partial charge in [-0.05, 0) is 6.07 Å². The molecule has 0 radical (unpaired) electrons. The van der Waals surface area contributed by atoms with Crippen molar-refractivity contribution in [3.63, 3.8) is 0 Å². The van der Waals surface area contributed by atoms with E-state index in [-0.39, 0.29) is 6.10 Å². The largest absolute Gasteiger partial charge is 0.486 e. The molecule has 16 heavy (non-hydrogen) atoms. The van der Waals surface area contributed by atoms with E-state index in [1.54, 1.807) is 12.1 Å². The van der Waals surface area contributed by atoms with Gasteiger partial charge in [0.05, 0.1) is 18.2 Å². The van der Waals surface area contributed by atoms with E-state index >= 15 is 0 Å². The van der Waals surface area contributed by atoms with Crippen molar-refractivity contribution in [1.29, 1.82) is 5.41 Å². The Bertz CT molecular complexity index is 403. The summed E-state index contributed by atoms with van der Waals surface area (Å²) in [5, 5.41) is 7.62. The van der Waals surface area contributed by atoms with Crippen LogP contribution in [-0.4, -0.2) is 25.5 Å². The second-order valence-corrected chi connectivity index (χ2v) is 4.07. The second kappa shape index (κ2) is 4.72. The SMILES string of the molecule is N=Cc1cc(Cl)c(OC2CCOC2)cc1N. The van der Waals surface area contributed by atoms with Crippen LogP contribution >= 0.6 is 11.6 Å². The smallest absolute Gasteiger partial charge is 0.140 e. The Morgan fingerprint density at radius 1 is 1.56 bits per heavy atom. The van der Waals surface area contributed by atoms with Crippen LogP contribution in [0.1, 0.15) is 12.0 Å². The van der Waals surface area contributed by atoms with Gasteiger partial charge in [-0.1, -0.05) is 11.6 Å². The number of benzene rings is 1. The summed E-state index contributed by atoms with van der Waals surface area (Å²) in [6.07, 6.45) is 2.08. The first-order valence-corrected chi connectivity index (χ1v) is 5.42. The molecule has 1 aromatic carbocycles. The summed E-state index contributed by atoms with van der Waals surface area (Å²) in [6.45, 7) is 1.30. The Kier molecular flexibility index (Phi) is 3.31. The number of ether oxygens (including phenoxy) is 2. The molecule has 1 heterocycles. The molecule has 1 unspecified atom stereocenters. The average molecular weight is 241 g/mol. The van der Waals surface area contributed by atoms with Crippen LogP contribution in [0.2, 0.25) is 5.02 Å². The molecular formula is C11H13ClN2O2. The van der Waals surface area contributed by atoms with Gasteiger partial charge in [-0.2, -0.15) is 0 Å². The molecule has 1 aliphatic heterocycles. The standard InChI is InChI=1S/C11H13ClN2O2/c12-9-3-7(5-13)10(14)4-11(9)16-8-1-2-15-6-8/h3-5,8,13H,1-2,6,14H2. The van der Waals surface area contributed by atoms with Gasteiger partial charge in [0.15, 0.2) is 0 Å². The highest BCUT2D eigenvalue weighted by atomic mass is 35.5. The first-order chi connectivity index (χ1) is 7.70. The van der Waals surface area contributed by atoms with Crippen molar-refractivity contribution in [3.05, 3.63) is 22.7 Å². The van der Waals surface area contributed by atoms with Crippen molar-refractivity contribution in [3.8, 4) is 5.75 Å². The van der Waals surface area contributed by atoms with Gasteiger partial charge in [-0.15, -0.1) is 0 Å². The van der Waals surface area contributed by atoms with Gasteiger partial charge in [0.2, 0.25) is 0 Å². The number of rotatable bonds is 3. The Morgan fingerprint density at radius 2 is 2.38 bits per heavy atom. The number of nitrogen functional groups attached to an aromatic ring is 1. The van der Waals surface area contributed by atoms with Gasteiger partial charge in [-0.3, -0.25) is 0 Å². The molecule has 0 amide bonds. The highest BCUT2D eigenvalue weighted by molar-refractivity contribution is 6.32. The summed E-state index contributed by atoms with van der Waals surface area (Å²) < 4.78 is 10.9. The number of hydrogen-bond donors (Lipinski definition) is 2. The molecule has 0 spiro atoms. The summed E-state index contributed by atoms with van der Waals surface area (Å²) in [7, 11) is 0. The van der Waals surface area contributed by atoms with Gasteiger partial charge in [-0.25, -0.2) is 0 Å². The van der Waals surface area contributed by atoms with Gasteiger partial charge in [0, 0.05) is 30.0 Å². The van der Waals surface area contributed by atoms with Crippen LogP contribution in [0.25, 0.3) is 0 Å². The Labute approximate surface area is 98.8 Å². The third-order valence-corrected chi connectivity index (χ3v) is 2.77. The van der Waals surface area contributed by atoms with Crippen LogP contribution in [0.5, 0.6) is 5.75 Å². The molecule has 2 rings (SSSR count). The quantitative estimate of drug-likeness (QED) is 0.628. The summed E-state index contributed by atoms with van der Waals surface area (Å²) >= 11 is 6.03. The van der Waals surface area contributed by atoms with Gasteiger partial charge in [0.1, 0.15) is 11.9 Å². The van der Waals surface area contributed by atoms with Crippen LogP contribution in [0.15, 0.2) is 12.1 Å². The maximum Gasteiger partial charge on any atom is 0.140 e. The second-order valence-electron chi connectivity index (χ2n) is 3.66. The maximum absolute atomic E-state index is 7.15. The minimum absolute atomic E-state index is 0.0442. The molecule has 1 fully saturated rings. The molecule has 5 heteroatoms. The molecule has 0 aromatic heterocycles. The Morgan fingerprint density at radius 3 is 3.00 bits per heavy atom. The van der Waals surface area contributed by atoms with Crippen molar-refractivity contribution in [1.82, 2.24) is 0 Å². The van der Waals surface area contributed by atoms with Crippen molar-refractivity contribution < 1.29 is 9.47 Å². The van der Waals surface area contributed by atoms with E-state index in [4.69, 9.17) is 32.2 Å². The Hall–Kier alpha value is -1.26. The number of hydrogen-bond acceptors (Lipinski definition) is 4. The van der Waals surface area contributed by atoms with Gasteiger partial charge < -0.3 is 20.6 Å². The zero-order valence-electron chi connectivity index (χ0n) is 8.70. The number of nitrogens with two attached hydrogens (primary N) is 1. The molecule has 0 saturated carbocycles. The van der Waals surface area contributed by atoms with Crippen LogP contribution in [0.4, 0.5) is 5.69 Å². The predicted molar refractivity (Wildman–Crippen MR) is 63.6 cm³/mol. The van der Waals surface area contributed by atoms with Crippen molar-refractivity contribution in [2.45, 2.75) is 12.5 Å². The third kappa shape index (κ3) is 2.28. The van der Waals surface area contributed by atoms with Crippen LogP contribution in [-0.2, 0) is 4.74 Å². The van der Waals surface area contributed by atoms with Crippen molar-refractivity contribution in [2.75, 3.05) is 18.9 Å². The highest BCUT2D eigenvalue weighted by Gasteiger charge is 2.18. The first-order valence-electron chi connectivity index (χ1n) is 5.04. The summed E-state index contributed by atoms with van der Waals surface area (Å²) in [6, 6.07) is 3.29. The predicted octanol–water partition coefficient (Wildman–Crippen LogP) is 2.09. The number of anilines is 1. The lowest BCUT2D eigenvalue weighted by atomic mass is 10.2. The lowest BCUT2D eigenvalue weighted by Gasteiger charge is -2.14. The summed E-state index contributed by atoms with van der Waals surface area (Å²) in [5.74, 6) is 0.556. The highest BCUT2D eigenvalue weighted by Crippen LogP contribution is 2.30. The molecular weight excluding hydrogens is 228 g/mol. The van der Waals surface area contributed by atoms with E-state index in [2.05, 4.69) is 0 Å². The third-order valence-electron chi connectivity index (χ3n) is 2.47. The van der Waals surface area contributed by atoms with Crippen LogP contribution in [0, 0.1) is 5.41 Å². The number of nitrogens with one attached hydrogen (secondary N) is 1. The molecule has 0 aliphatic carbocycles. The van der Waals surface area contributed by atoms with Gasteiger partial charge in [0.25, 0.3) is 0 Å². The van der Waals surface area contributed by atoms with Crippen molar-refractivity contribution >= 4 is 23.5 Å². The molecule has 1 aromatic rings. The molecule has 4 nitrogen and oxygen atoms in total. The lowest BCUT2D eigenvalue weighted by molar-refractivity contribution is 0.141. The van der Waals surface area contributed by atoms with E-state index in [9.17, 15) is 0 Å². The first kappa shape index (κ1) is 11.2. The average Bonchev–Trinajstić information content (AvgIpc) is 2.75. The fraction of sp³-hybridized carbons (Fsp3) is 0.364. The van der Waals surface area contributed by atoms with Crippen molar-refractivity contribution in [2.24, 2.45) is 0 Å². The topological polar surface area (TPSA) is 68.3 Å². The van der Waals surface area contributed by atoms with E-state index in [1.165, 1.54) is 6.21 Å². The van der Waals surface area contributed by atoms with Crippen LogP contribution < -0.4 is 10.5 Å². The number of halogens is 1. The molecule has 1 aliphatic rings. The fourth-order valence-corrected chi connectivity index (χ4v) is 1.80. The molecule has 1 saturated heterocycles. The summed E-state index contributed by atoms with van der Waals surface area (Å²) in [4.78, 5) is 0. The van der Waals surface area contributed by atoms with Gasteiger partial charge >= 0.3 is 0 Å². The normalized spacial score (nSPS) is 19.7. The molecule has 86 valence electrons. The van der Waals surface area contributed by atoms with E-state index in [0.717, 1.165) is 13.0 Å². The summed E-state index contributed by atoms with van der Waals surface area (Å²) in [5.41, 5.74) is 6.84. The molecule has 3 N–H and O–H groups in total. The Balaban J connectivity index is 2.20.